The Kier molecular flexibility index (Phi) is 7.24. The average molecular weight is 499 g/mol. The number of morpholine rings is 1. The molecule has 1 amide bonds. The van der Waals surface area contributed by atoms with E-state index in [1.165, 1.54) is 47.8 Å². The Morgan fingerprint density at radius 3 is 2.63 bits per heavy atom. The monoisotopic (exact) mass is 498 g/mol. The second kappa shape index (κ2) is 9.69. The quantitative estimate of drug-likeness (QED) is 0.617. The van der Waals surface area contributed by atoms with E-state index in [1.54, 1.807) is 12.1 Å². The molecule has 0 unspecified atom stereocenters. The van der Waals surface area contributed by atoms with Crippen molar-refractivity contribution in [1.29, 1.82) is 0 Å². The van der Waals surface area contributed by atoms with Gasteiger partial charge in [-0.3, -0.25) is 4.79 Å². The van der Waals surface area contributed by atoms with Crippen LogP contribution in [-0.2, 0) is 19.6 Å². The molecule has 2 aromatic rings. The number of methoxy groups -OCH3 is 1. The van der Waals surface area contributed by atoms with Gasteiger partial charge in [-0.2, -0.15) is 4.31 Å². The largest absolute Gasteiger partial charge is 0.495 e. The third kappa shape index (κ3) is 5.25. The number of halogens is 2. The third-order valence-corrected chi connectivity index (χ3v) is 6.80. The highest BCUT2D eigenvalue weighted by Gasteiger charge is 2.29. The van der Waals surface area contributed by atoms with E-state index in [2.05, 4.69) is 21.2 Å². The first kappa shape index (κ1) is 22.4. The van der Waals surface area contributed by atoms with E-state index in [1.807, 2.05) is 0 Å². The lowest BCUT2D eigenvalue weighted by atomic mass is 10.2. The zero-order chi connectivity index (χ0) is 21.7. The second-order valence-electron chi connectivity index (χ2n) is 6.37. The van der Waals surface area contributed by atoms with Gasteiger partial charge in [-0.25, -0.2) is 12.8 Å². The molecule has 1 N–H and O–H groups in total. The molecule has 1 aliphatic heterocycles. The molecular formula is C20H20BrFN2O5S. The zero-order valence-corrected chi connectivity index (χ0v) is 18.5. The highest BCUT2D eigenvalue weighted by Crippen LogP contribution is 2.29. The van der Waals surface area contributed by atoms with Crippen LogP contribution in [0.5, 0.6) is 5.75 Å². The fraction of sp³-hybridized carbons (Fsp3) is 0.250. The number of anilines is 1. The maximum atomic E-state index is 13.9. The lowest BCUT2D eigenvalue weighted by molar-refractivity contribution is -0.111. The summed E-state index contributed by atoms with van der Waals surface area (Å²) in [5.41, 5.74) is 0.521. The van der Waals surface area contributed by atoms with Crippen molar-refractivity contribution >= 4 is 43.6 Å². The van der Waals surface area contributed by atoms with Gasteiger partial charge in [0, 0.05) is 23.6 Å². The molecule has 1 heterocycles. The third-order valence-electron chi connectivity index (χ3n) is 4.39. The Labute approximate surface area is 182 Å². The van der Waals surface area contributed by atoms with Crippen molar-refractivity contribution in [2.75, 3.05) is 38.7 Å². The van der Waals surface area contributed by atoms with Crippen LogP contribution in [0.25, 0.3) is 6.08 Å². The van der Waals surface area contributed by atoms with Crippen molar-refractivity contribution in [1.82, 2.24) is 4.31 Å². The van der Waals surface area contributed by atoms with Crippen molar-refractivity contribution < 1.29 is 27.1 Å². The van der Waals surface area contributed by atoms with Crippen molar-refractivity contribution in [3.05, 3.63) is 58.3 Å². The van der Waals surface area contributed by atoms with E-state index in [0.29, 0.717) is 23.2 Å². The second-order valence-corrected chi connectivity index (χ2v) is 9.20. The minimum absolute atomic E-state index is 0.00779. The topological polar surface area (TPSA) is 84.9 Å². The number of nitrogens with one attached hydrogen (secondary N) is 1. The number of rotatable bonds is 6. The molecule has 2 aromatic carbocycles. The van der Waals surface area contributed by atoms with Gasteiger partial charge in [0.15, 0.2) is 0 Å². The van der Waals surface area contributed by atoms with Gasteiger partial charge < -0.3 is 14.8 Å². The van der Waals surface area contributed by atoms with Crippen LogP contribution in [0.15, 0.2) is 51.8 Å². The summed E-state index contributed by atoms with van der Waals surface area (Å²) < 4.78 is 52.2. The summed E-state index contributed by atoms with van der Waals surface area (Å²) in [6.45, 7) is 1.17. The van der Waals surface area contributed by atoms with Gasteiger partial charge in [0.25, 0.3) is 0 Å². The molecule has 0 radical (unpaired) electrons. The minimum atomic E-state index is -3.78. The van der Waals surface area contributed by atoms with E-state index in [0.717, 1.165) is 0 Å². The number of nitrogens with zero attached hydrogens (tertiary/aromatic N) is 1. The molecular weight excluding hydrogens is 479 g/mol. The summed E-state index contributed by atoms with van der Waals surface area (Å²) in [6.07, 6.45) is 2.65. The SMILES string of the molecule is COc1ccc(/C=C/C(=O)Nc2ccc(Br)cc2F)cc1S(=O)(=O)N1CCOCC1. The first-order chi connectivity index (χ1) is 14.3. The van der Waals surface area contributed by atoms with E-state index >= 15 is 0 Å². The molecule has 1 fully saturated rings. The summed E-state index contributed by atoms with van der Waals surface area (Å²) >= 11 is 3.15. The van der Waals surface area contributed by atoms with Gasteiger partial charge >= 0.3 is 0 Å². The number of amides is 1. The molecule has 0 aromatic heterocycles. The normalized spacial score (nSPS) is 15.3. The molecule has 160 valence electrons. The van der Waals surface area contributed by atoms with Crippen molar-refractivity contribution in [3.8, 4) is 5.75 Å². The van der Waals surface area contributed by atoms with Crippen LogP contribution >= 0.6 is 15.9 Å². The van der Waals surface area contributed by atoms with Crippen molar-refractivity contribution in [2.45, 2.75) is 4.90 Å². The number of sulfonamides is 1. The summed E-state index contributed by atoms with van der Waals surface area (Å²) in [7, 11) is -2.39. The van der Waals surface area contributed by atoms with Crippen LogP contribution in [-0.4, -0.2) is 52.0 Å². The van der Waals surface area contributed by atoms with E-state index < -0.39 is 21.7 Å². The summed E-state index contributed by atoms with van der Waals surface area (Å²) in [6, 6.07) is 8.87. The minimum Gasteiger partial charge on any atom is -0.495 e. The number of hydrogen-bond acceptors (Lipinski definition) is 5. The first-order valence-corrected chi connectivity index (χ1v) is 11.2. The molecule has 3 rings (SSSR count). The van der Waals surface area contributed by atoms with Crippen LogP contribution in [0.4, 0.5) is 10.1 Å². The number of ether oxygens (including phenoxy) is 2. The highest BCUT2D eigenvalue weighted by atomic mass is 79.9. The van der Waals surface area contributed by atoms with Gasteiger partial charge in [-0.05, 0) is 42.0 Å². The first-order valence-electron chi connectivity index (χ1n) is 9.01. The molecule has 1 aliphatic rings. The van der Waals surface area contributed by atoms with Crippen LogP contribution in [0, 0.1) is 5.82 Å². The summed E-state index contributed by atoms with van der Waals surface area (Å²) in [5, 5.41) is 2.44. The Morgan fingerprint density at radius 1 is 1.23 bits per heavy atom. The Hall–Kier alpha value is -2.27. The fourth-order valence-corrected chi connectivity index (χ4v) is 4.79. The van der Waals surface area contributed by atoms with Crippen LogP contribution in [0.2, 0.25) is 0 Å². The molecule has 10 heteroatoms. The molecule has 0 atom stereocenters. The molecule has 30 heavy (non-hydrogen) atoms. The number of benzene rings is 2. The maximum Gasteiger partial charge on any atom is 0.248 e. The standard InChI is InChI=1S/C20H20BrFN2O5S/c1-28-18-6-2-14(12-19(18)30(26,27)24-8-10-29-11-9-24)3-7-20(25)23-17-5-4-15(21)13-16(17)22/h2-7,12-13H,8-11H2,1H3,(H,23,25)/b7-3+. The number of carbonyl (C=O) groups is 1. The van der Waals surface area contributed by atoms with Crippen molar-refractivity contribution in [2.24, 2.45) is 0 Å². The van der Waals surface area contributed by atoms with Crippen LogP contribution in [0.1, 0.15) is 5.56 Å². The molecule has 0 aliphatic carbocycles. The Morgan fingerprint density at radius 2 is 1.97 bits per heavy atom. The van der Waals surface area contributed by atoms with Gasteiger partial charge in [-0.15, -0.1) is 0 Å². The molecule has 1 saturated heterocycles. The van der Waals surface area contributed by atoms with Gasteiger partial charge in [0.05, 0.1) is 26.0 Å². The smallest absolute Gasteiger partial charge is 0.248 e. The summed E-state index contributed by atoms with van der Waals surface area (Å²) in [4.78, 5) is 12.1. The lowest BCUT2D eigenvalue weighted by Crippen LogP contribution is -2.40. The van der Waals surface area contributed by atoms with Gasteiger partial charge in [0.2, 0.25) is 15.9 Å². The summed E-state index contributed by atoms with van der Waals surface area (Å²) in [5.74, 6) is -0.917. The number of hydrogen-bond donors (Lipinski definition) is 1. The average Bonchev–Trinajstić information content (AvgIpc) is 2.74. The predicted octanol–water partition coefficient (Wildman–Crippen LogP) is 3.27. The highest BCUT2D eigenvalue weighted by molar-refractivity contribution is 9.10. The molecule has 0 saturated carbocycles. The van der Waals surface area contributed by atoms with Crippen LogP contribution < -0.4 is 10.1 Å². The Balaban J connectivity index is 1.81. The van der Waals surface area contributed by atoms with Crippen molar-refractivity contribution in [3.63, 3.8) is 0 Å². The zero-order valence-electron chi connectivity index (χ0n) is 16.1. The van der Waals surface area contributed by atoms with E-state index in [-0.39, 0.29) is 29.4 Å². The van der Waals surface area contributed by atoms with Gasteiger partial charge in [-0.1, -0.05) is 22.0 Å². The fourth-order valence-electron chi connectivity index (χ4n) is 2.86. The predicted molar refractivity (Wildman–Crippen MR) is 114 cm³/mol. The van der Waals surface area contributed by atoms with E-state index in [4.69, 9.17) is 9.47 Å². The number of carbonyl (C=O) groups excluding carboxylic acids is 1. The molecule has 0 spiro atoms. The lowest BCUT2D eigenvalue weighted by Gasteiger charge is -2.26. The maximum absolute atomic E-state index is 13.9. The Bertz CT molecular complexity index is 1070. The van der Waals surface area contributed by atoms with Gasteiger partial charge in [0.1, 0.15) is 16.5 Å². The molecule has 0 bridgehead atoms. The van der Waals surface area contributed by atoms with Crippen LogP contribution in [0.3, 0.4) is 0 Å². The molecule has 7 nitrogen and oxygen atoms in total. The van der Waals surface area contributed by atoms with E-state index in [9.17, 15) is 17.6 Å².